The fourth-order valence-electron chi connectivity index (χ4n) is 2.32. The maximum absolute atomic E-state index is 12.9. The lowest BCUT2D eigenvalue weighted by Crippen LogP contribution is -2.05. The highest BCUT2D eigenvalue weighted by Crippen LogP contribution is 2.39. The summed E-state index contributed by atoms with van der Waals surface area (Å²) in [5.74, 6) is -0.805. The number of rotatable bonds is 1. The van der Waals surface area contributed by atoms with E-state index in [1.165, 1.54) is 6.07 Å². The normalized spacial score (nSPS) is 11.8. The van der Waals surface area contributed by atoms with Gasteiger partial charge < -0.3 is 5.11 Å². The molecule has 0 bridgehead atoms. The molecular weight excluding hydrogens is 315 g/mol. The Hall–Kier alpha value is -2.27. The van der Waals surface area contributed by atoms with Crippen molar-refractivity contribution in [3.63, 3.8) is 0 Å². The maximum Gasteiger partial charge on any atom is 0.419 e. The molecule has 0 unspecified atom stereocenters. The summed E-state index contributed by atoms with van der Waals surface area (Å²) in [7, 11) is 0. The number of hydrogen-bond donors (Lipinski definition) is 1. The van der Waals surface area contributed by atoms with E-state index in [1.54, 1.807) is 30.5 Å². The Labute approximate surface area is 128 Å². The maximum atomic E-state index is 12.9. The summed E-state index contributed by atoms with van der Waals surface area (Å²) in [5, 5.41) is 10.5. The molecule has 0 aliphatic rings. The van der Waals surface area contributed by atoms with Gasteiger partial charge in [0.25, 0.3) is 0 Å². The van der Waals surface area contributed by atoms with Crippen LogP contribution in [0.3, 0.4) is 0 Å². The van der Waals surface area contributed by atoms with Crippen molar-refractivity contribution in [1.29, 1.82) is 0 Å². The summed E-state index contributed by atoms with van der Waals surface area (Å²) in [6.07, 6.45) is -3.05. The molecule has 0 spiro atoms. The minimum Gasteiger partial charge on any atom is -0.507 e. The monoisotopic (exact) mass is 323 g/mol. The van der Waals surface area contributed by atoms with Crippen LogP contribution in [0.15, 0.2) is 48.7 Å². The molecule has 1 aromatic heterocycles. The number of fused-ring (bicyclic) bond motifs is 1. The smallest absolute Gasteiger partial charge is 0.419 e. The van der Waals surface area contributed by atoms with E-state index < -0.39 is 17.5 Å². The van der Waals surface area contributed by atoms with Crippen molar-refractivity contribution in [3.05, 3.63) is 59.2 Å². The van der Waals surface area contributed by atoms with Crippen LogP contribution in [0, 0.1) is 0 Å². The second-order valence-corrected chi connectivity index (χ2v) is 5.19. The third kappa shape index (κ3) is 2.60. The van der Waals surface area contributed by atoms with Gasteiger partial charge in [0.05, 0.1) is 11.1 Å². The SMILES string of the molecule is Oc1ccc(-c2cc(Cl)cc3ncccc23)cc1C(F)(F)F. The molecule has 0 aliphatic heterocycles. The Morgan fingerprint density at radius 1 is 1.05 bits per heavy atom. The van der Waals surface area contributed by atoms with Crippen molar-refractivity contribution < 1.29 is 18.3 Å². The summed E-state index contributed by atoms with van der Waals surface area (Å²) in [4.78, 5) is 4.16. The quantitative estimate of drug-likeness (QED) is 0.661. The molecule has 3 rings (SSSR count). The van der Waals surface area contributed by atoms with E-state index in [2.05, 4.69) is 4.98 Å². The van der Waals surface area contributed by atoms with E-state index in [4.69, 9.17) is 11.6 Å². The first-order chi connectivity index (χ1) is 10.4. The van der Waals surface area contributed by atoms with Gasteiger partial charge in [-0.3, -0.25) is 4.98 Å². The third-order valence-corrected chi connectivity index (χ3v) is 3.52. The van der Waals surface area contributed by atoms with Crippen LogP contribution in [0.25, 0.3) is 22.0 Å². The van der Waals surface area contributed by atoms with Gasteiger partial charge in [-0.05, 0) is 41.5 Å². The highest BCUT2D eigenvalue weighted by Gasteiger charge is 2.34. The molecule has 0 saturated carbocycles. The molecule has 1 heterocycles. The summed E-state index contributed by atoms with van der Waals surface area (Å²) < 4.78 is 38.8. The number of aromatic nitrogens is 1. The molecule has 6 heteroatoms. The molecule has 112 valence electrons. The molecule has 0 aliphatic carbocycles. The van der Waals surface area contributed by atoms with Crippen molar-refractivity contribution in [1.82, 2.24) is 4.98 Å². The van der Waals surface area contributed by atoms with Gasteiger partial charge in [0.1, 0.15) is 5.75 Å². The van der Waals surface area contributed by atoms with E-state index >= 15 is 0 Å². The van der Waals surface area contributed by atoms with Crippen LogP contribution in [0.4, 0.5) is 13.2 Å². The molecule has 0 atom stereocenters. The summed E-state index contributed by atoms with van der Waals surface area (Å²) >= 11 is 6.02. The molecule has 22 heavy (non-hydrogen) atoms. The topological polar surface area (TPSA) is 33.1 Å². The number of phenolic OH excluding ortho intramolecular Hbond substituents is 1. The Bertz CT molecular complexity index is 862. The summed E-state index contributed by atoms with van der Waals surface area (Å²) in [6, 6.07) is 10.0. The third-order valence-electron chi connectivity index (χ3n) is 3.30. The van der Waals surface area contributed by atoms with Gasteiger partial charge in [-0.2, -0.15) is 13.2 Å². The summed E-state index contributed by atoms with van der Waals surface area (Å²) in [5.41, 5.74) is 0.348. The first-order valence-corrected chi connectivity index (χ1v) is 6.69. The van der Waals surface area contributed by atoms with Crippen molar-refractivity contribution in [3.8, 4) is 16.9 Å². The van der Waals surface area contributed by atoms with Gasteiger partial charge in [0, 0.05) is 16.6 Å². The number of benzene rings is 2. The van der Waals surface area contributed by atoms with E-state index in [9.17, 15) is 18.3 Å². The van der Waals surface area contributed by atoms with E-state index in [-0.39, 0.29) is 0 Å². The molecule has 0 radical (unpaired) electrons. The lowest BCUT2D eigenvalue weighted by atomic mass is 9.98. The van der Waals surface area contributed by atoms with Gasteiger partial charge in [-0.1, -0.05) is 23.7 Å². The molecule has 1 N–H and O–H groups in total. The van der Waals surface area contributed by atoms with Crippen LogP contribution in [0.2, 0.25) is 5.02 Å². The van der Waals surface area contributed by atoms with E-state index in [0.717, 1.165) is 12.1 Å². The largest absolute Gasteiger partial charge is 0.507 e. The van der Waals surface area contributed by atoms with Crippen LogP contribution in [0.5, 0.6) is 5.75 Å². The van der Waals surface area contributed by atoms with Gasteiger partial charge in [-0.25, -0.2) is 0 Å². The molecule has 0 amide bonds. The fourth-order valence-corrected chi connectivity index (χ4v) is 2.53. The van der Waals surface area contributed by atoms with Crippen LogP contribution in [0.1, 0.15) is 5.56 Å². The zero-order valence-electron chi connectivity index (χ0n) is 11.0. The highest BCUT2D eigenvalue weighted by molar-refractivity contribution is 6.31. The fraction of sp³-hybridized carbons (Fsp3) is 0.0625. The number of halogens is 4. The average Bonchev–Trinajstić information content (AvgIpc) is 2.45. The standard InChI is InChI=1S/C16H9ClF3NO/c17-10-7-12(11-2-1-5-21-14(11)8-10)9-3-4-15(22)13(6-9)16(18,19)20/h1-8,22H. The van der Waals surface area contributed by atoms with Crippen LogP contribution >= 0.6 is 11.6 Å². The Morgan fingerprint density at radius 2 is 1.82 bits per heavy atom. The second kappa shape index (κ2) is 5.18. The van der Waals surface area contributed by atoms with Gasteiger partial charge in [0.2, 0.25) is 0 Å². The predicted molar refractivity (Wildman–Crippen MR) is 78.9 cm³/mol. The van der Waals surface area contributed by atoms with Gasteiger partial charge in [-0.15, -0.1) is 0 Å². The Kier molecular flexibility index (Phi) is 3.45. The molecule has 2 aromatic carbocycles. The number of aromatic hydroxyl groups is 1. The van der Waals surface area contributed by atoms with Crippen molar-refractivity contribution in [2.24, 2.45) is 0 Å². The van der Waals surface area contributed by atoms with Gasteiger partial charge >= 0.3 is 6.18 Å². The minimum atomic E-state index is -4.63. The number of alkyl halides is 3. The molecule has 0 saturated heterocycles. The van der Waals surface area contributed by atoms with E-state index in [0.29, 0.717) is 27.1 Å². The van der Waals surface area contributed by atoms with Crippen LogP contribution in [-0.2, 0) is 6.18 Å². The van der Waals surface area contributed by atoms with Gasteiger partial charge in [0.15, 0.2) is 0 Å². The van der Waals surface area contributed by atoms with E-state index in [1.807, 2.05) is 0 Å². The highest BCUT2D eigenvalue weighted by atomic mass is 35.5. The Morgan fingerprint density at radius 3 is 2.55 bits per heavy atom. The molecule has 3 aromatic rings. The van der Waals surface area contributed by atoms with Crippen molar-refractivity contribution >= 4 is 22.5 Å². The number of pyridine rings is 1. The average molecular weight is 324 g/mol. The lowest BCUT2D eigenvalue weighted by molar-refractivity contribution is -0.138. The first kappa shape index (κ1) is 14.7. The predicted octanol–water partition coefficient (Wildman–Crippen LogP) is 5.28. The van der Waals surface area contributed by atoms with Crippen molar-refractivity contribution in [2.45, 2.75) is 6.18 Å². The van der Waals surface area contributed by atoms with Crippen LogP contribution in [-0.4, -0.2) is 10.1 Å². The zero-order valence-corrected chi connectivity index (χ0v) is 11.8. The lowest BCUT2D eigenvalue weighted by Gasteiger charge is -2.12. The number of phenols is 1. The molecular formula is C16H9ClF3NO. The number of nitrogens with zero attached hydrogens (tertiary/aromatic N) is 1. The zero-order chi connectivity index (χ0) is 15.9. The van der Waals surface area contributed by atoms with Crippen molar-refractivity contribution in [2.75, 3.05) is 0 Å². The summed E-state index contributed by atoms with van der Waals surface area (Å²) in [6.45, 7) is 0. The molecule has 2 nitrogen and oxygen atoms in total. The second-order valence-electron chi connectivity index (χ2n) is 4.75. The Balaban J connectivity index is 2.28. The number of hydrogen-bond acceptors (Lipinski definition) is 2. The minimum absolute atomic E-state index is 0.311. The van der Waals surface area contributed by atoms with Crippen LogP contribution < -0.4 is 0 Å². The molecule has 0 fully saturated rings. The first-order valence-electron chi connectivity index (χ1n) is 6.31.